The van der Waals surface area contributed by atoms with Gasteiger partial charge in [0.1, 0.15) is 11.4 Å². The number of anilines is 3. The maximum Gasteiger partial charge on any atom is 0.274 e. The summed E-state index contributed by atoms with van der Waals surface area (Å²) in [5, 5.41) is 15.0. The number of pyridine rings is 1. The summed E-state index contributed by atoms with van der Waals surface area (Å²) in [6.07, 6.45) is 1.56. The molecule has 3 rings (SSSR count). The molecule has 0 saturated heterocycles. The Bertz CT molecular complexity index is 1020. The van der Waals surface area contributed by atoms with Crippen molar-refractivity contribution in [1.82, 2.24) is 4.98 Å². The van der Waals surface area contributed by atoms with Crippen LogP contribution in [0.3, 0.4) is 0 Å². The minimum absolute atomic E-state index is 0.258. The van der Waals surface area contributed by atoms with Crippen LogP contribution in [0, 0.1) is 18.3 Å². The van der Waals surface area contributed by atoms with Gasteiger partial charge in [0, 0.05) is 17.6 Å². The standard InChI is InChI=1S/C21H18N4O2/c1-14-6-7-20(27-2)18(10-14)24-17-8-9-23-19(12-17)21(26)25-16-5-3-4-15(11-16)13-22/h3-12H,1-2H3,(H,23,24)(H,25,26). The molecule has 0 aliphatic rings. The molecule has 6 nitrogen and oxygen atoms in total. The molecule has 6 heteroatoms. The molecule has 27 heavy (non-hydrogen) atoms. The Balaban J connectivity index is 1.80. The van der Waals surface area contributed by atoms with Gasteiger partial charge in [0.2, 0.25) is 0 Å². The monoisotopic (exact) mass is 358 g/mol. The van der Waals surface area contributed by atoms with Crippen LogP contribution in [0.5, 0.6) is 5.75 Å². The Morgan fingerprint density at radius 2 is 1.96 bits per heavy atom. The number of benzene rings is 2. The van der Waals surface area contributed by atoms with Crippen LogP contribution < -0.4 is 15.4 Å². The van der Waals surface area contributed by atoms with Gasteiger partial charge in [0.05, 0.1) is 24.4 Å². The molecule has 0 fully saturated rings. The fourth-order valence-electron chi connectivity index (χ4n) is 2.57. The minimum Gasteiger partial charge on any atom is -0.495 e. The summed E-state index contributed by atoms with van der Waals surface area (Å²) >= 11 is 0. The summed E-state index contributed by atoms with van der Waals surface area (Å²) in [4.78, 5) is 16.6. The summed E-state index contributed by atoms with van der Waals surface area (Å²) in [6, 6.07) is 18.0. The third-order valence-electron chi connectivity index (χ3n) is 3.88. The van der Waals surface area contributed by atoms with Gasteiger partial charge in [0.15, 0.2) is 0 Å². The molecule has 0 bridgehead atoms. The summed E-state index contributed by atoms with van der Waals surface area (Å²) in [6.45, 7) is 1.99. The number of aryl methyl sites for hydroxylation is 1. The molecule has 2 N–H and O–H groups in total. The highest BCUT2D eigenvalue weighted by molar-refractivity contribution is 6.03. The van der Waals surface area contributed by atoms with E-state index in [0.29, 0.717) is 22.7 Å². The maximum absolute atomic E-state index is 12.5. The highest BCUT2D eigenvalue weighted by atomic mass is 16.5. The van der Waals surface area contributed by atoms with Gasteiger partial charge in [-0.3, -0.25) is 9.78 Å². The number of aromatic nitrogens is 1. The van der Waals surface area contributed by atoms with Crippen molar-refractivity contribution in [2.45, 2.75) is 6.92 Å². The highest BCUT2D eigenvalue weighted by Crippen LogP contribution is 2.28. The average molecular weight is 358 g/mol. The second-order valence-corrected chi connectivity index (χ2v) is 5.91. The fourth-order valence-corrected chi connectivity index (χ4v) is 2.57. The van der Waals surface area contributed by atoms with Crippen molar-refractivity contribution in [3.05, 3.63) is 77.6 Å². The largest absolute Gasteiger partial charge is 0.495 e. The van der Waals surface area contributed by atoms with Crippen LogP contribution in [0.15, 0.2) is 60.8 Å². The van der Waals surface area contributed by atoms with Gasteiger partial charge in [0.25, 0.3) is 5.91 Å². The normalized spacial score (nSPS) is 9.96. The molecule has 0 saturated carbocycles. The van der Waals surface area contributed by atoms with Crippen LogP contribution in [-0.4, -0.2) is 18.0 Å². The van der Waals surface area contributed by atoms with Crippen LogP contribution in [-0.2, 0) is 0 Å². The van der Waals surface area contributed by atoms with E-state index >= 15 is 0 Å². The number of hydrogen-bond acceptors (Lipinski definition) is 5. The Labute approximate surface area is 157 Å². The number of nitrogens with one attached hydrogen (secondary N) is 2. The molecular formula is C21H18N4O2. The predicted molar refractivity (Wildman–Crippen MR) is 104 cm³/mol. The first-order chi connectivity index (χ1) is 13.1. The van der Waals surface area contributed by atoms with Gasteiger partial charge in [-0.1, -0.05) is 12.1 Å². The molecule has 2 aromatic carbocycles. The molecule has 3 aromatic rings. The number of nitriles is 1. The average Bonchev–Trinajstić information content (AvgIpc) is 2.68. The number of rotatable bonds is 5. The van der Waals surface area contributed by atoms with Gasteiger partial charge in [-0.25, -0.2) is 0 Å². The molecule has 0 radical (unpaired) electrons. The number of hydrogen-bond donors (Lipinski definition) is 2. The molecule has 0 aliphatic heterocycles. The van der Waals surface area contributed by atoms with Gasteiger partial charge >= 0.3 is 0 Å². The lowest BCUT2D eigenvalue weighted by Gasteiger charge is -2.12. The molecule has 0 unspecified atom stereocenters. The maximum atomic E-state index is 12.5. The number of nitrogens with zero attached hydrogens (tertiary/aromatic N) is 2. The van der Waals surface area contributed by atoms with Gasteiger partial charge in [-0.05, 0) is 55.0 Å². The lowest BCUT2D eigenvalue weighted by molar-refractivity contribution is 0.102. The summed E-state index contributed by atoms with van der Waals surface area (Å²) < 4.78 is 5.37. The molecule has 0 spiro atoms. The van der Waals surface area contributed by atoms with Crippen molar-refractivity contribution in [1.29, 1.82) is 5.26 Å². The lowest BCUT2D eigenvalue weighted by atomic mass is 10.2. The van der Waals surface area contributed by atoms with E-state index in [1.165, 1.54) is 0 Å². The Morgan fingerprint density at radius 1 is 1.11 bits per heavy atom. The number of carbonyl (C=O) groups is 1. The van der Waals surface area contributed by atoms with E-state index in [4.69, 9.17) is 10.00 Å². The second-order valence-electron chi connectivity index (χ2n) is 5.91. The lowest BCUT2D eigenvalue weighted by Crippen LogP contribution is -2.14. The van der Waals surface area contributed by atoms with Crippen molar-refractivity contribution >= 4 is 23.0 Å². The van der Waals surface area contributed by atoms with Crippen molar-refractivity contribution < 1.29 is 9.53 Å². The van der Waals surface area contributed by atoms with Crippen LogP contribution in [0.1, 0.15) is 21.6 Å². The van der Waals surface area contributed by atoms with Crippen LogP contribution in [0.25, 0.3) is 0 Å². The van der Waals surface area contributed by atoms with Crippen molar-refractivity contribution in [3.63, 3.8) is 0 Å². The summed E-state index contributed by atoms with van der Waals surface area (Å²) in [5.41, 5.74) is 3.88. The topological polar surface area (TPSA) is 87.0 Å². The van der Waals surface area contributed by atoms with E-state index < -0.39 is 0 Å². The van der Waals surface area contributed by atoms with E-state index in [1.54, 1.807) is 49.7 Å². The molecule has 1 aromatic heterocycles. The van der Waals surface area contributed by atoms with Crippen molar-refractivity contribution in [2.24, 2.45) is 0 Å². The van der Waals surface area contributed by atoms with Gasteiger partial charge in [-0.2, -0.15) is 5.26 Å². The first-order valence-corrected chi connectivity index (χ1v) is 8.28. The van der Waals surface area contributed by atoms with Crippen molar-refractivity contribution in [2.75, 3.05) is 17.7 Å². The number of methoxy groups -OCH3 is 1. The van der Waals surface area contributed by atoms with Crippen LogP contribution >= 0.6 is 0 Å². The van der Waals surface area contributed by atoms with E-state index in [-0.39, 0.29) is 11.6 Å². The molecule has 0 aliphatic carbocycles. The summed E-state index contributed by atoms with van der Waals surface area (Å²) in [7, 11) is 1.61. The molecule has 134 valence electrons. The zero-order valence-electron chi connectivity index (χ0n) is 15.0. The van der Waals surface area contributed by atoms with Gasteiger partial charge < -0.3 is 15.4 Å². The first-order valence-electron chi connectivity index (χ1n) is 8.28. The third-order valence-corrected chi connectivity index (χ3v) is 3.88. The van der Waals surface area contributed by atoms with E-state index in [0.717, 1.165) is 11.3 Å². The quantitative estimate of drug-likeness (QED) is 0.711. The molecule has 1 heterocycles. The smallest absolute Gasteiger partial charge is 0.274 e. The van der Waals surface area contributed by atoms with Crippen LogP contribution in [0.4, 0.5) is 17.1 Å². The SMILES string of the molecule is COc1ccc(C)cc1Nc1ccnc(C(=O)Nc2cccc(C#N)c2)c1. The van der Waals surface area contributed by atoms with Crippen molar-refractivity contribution in [3.8, 4) is 11.8 Å². The van der Waals surface area contributed by atoms with E-state index in [1.807, 2.05) is 31.2 Å². The fraction of sp³-hybridized carbons (Fsp3) is 0.0952. The molecule has 1 amide bonds. The predicted octanol–water partition coefficient (Wildman–Crippen LogP) is 4.27. The number of ether oxygens (including phenoxy) is 1. The van der Waals surface area contributed by atoms with E-state index in [9.17, 15) is 4.79 Å². The first kappa shape index (κ1) is 18.0. The third kappa shape index (κ3) is 4.41. The Kier molecular flexibility index (Phi) is 5.33. The second kappa shape index (κ2) is 8.02. The molecule has 0 atom stereocenters. The van der Waals surface area contributed by atoms with Crippen LogP contribution in [0.2, 0.25) is 0 Å². The van der Waals surface area contributed by atoms with E-state index in [2.05, 4.69) is 15.6 Å². The number of carbonyl (C=O) groups excluding carboxylic acids is 1. The highest BCUT2D eigenvalue weighted by Gasteiger charge is 2.10. The zero-order chi connectivity index (χ0) is 19.2. The minimum atomic E-state index is -0.357. The Hall–Kier alpha value is -3.85. The zero-order valence-corrected chi connectivity index (χ0v) is 15.0. The number of amides is 1. The summed E-state index contributed by atoms with van der Waals surface area (Å²) in [5.74, 6) is 0.349. The van der Waals surface area contributed by atoms with Gasteiger partial charge in [-0.15, -0.1) is 0 Å². The molecular weight excluding hydrogens is 340 g/mol. The Morgan fingerprint density at radius 3 is 2.74 bits per heavy atom.